The van der Waals surface area contributed by atoms with Gasteiger partial charge < -0.3 is 10.4 Å². The van der Waals surface area contributed by atoms with Crippen LogP contribution in [0.4, 0.5) is 0 Å². The van der Waals surface area contributed by atoms with E-state index in [1.807, 2.05) is 12.1 Å². The second kappa shape index (κ2) is 3.26. The molecule has 0 spiro atoms. The molecule has 17 heavy (non-hydrogen) atoms. The number of fused-ring (bicyclic) bond motifs is 1. The molecule has 2 aliphatic carbocycles. The van der Waals surface area contributed by atoms with Gasteiger partial charge in [0.05, 0.1) is 0 Å². The topological polar surface area (TPSA) is 32.3 Å². The maximum absolute atomic E-state index is 9.77. The summed E-state index contributed by atoms with van der Waals surface area (Å²) in [6.45, 7) is 1.17. The Morgan fingerprint density at radius 1 is 1.29 bits per heavy atom. The molecule has 1 heterocycles. The summed E-state index contributed by atoms with van der Waals surface area (Å²) >= 11 is 0. The zero-order valence-corrected chi connectivity index (χ0v) is 10.1. The largest absolute Gasteiger partial charge is 0.508 e. The molecule has 2 bridgehead atoms. The molecule has 2 nitrogen and oxygen atoms in total. The average molecular weight is 229 g/mol. The fourth-order valence-corrected chi connectivity index (χ4v) is 4.60. The van der Waals surface area contributed by atoms with Crippen LogP contribution in [0, 0.1) is 11.8 Å². The van der Waals surface area contributed by atoms with E-state index >= 15 is 0 Å². The number of hydrogen-bond donors (Lipinski definition) is 2. The van der Waals surface area contributed by atoms with Crippen molar-refractivity contribution >= 4 is 0 Å². The normalized spacial score (nSPS) is 38.6. The first-order valence-corrected chi connectivity index (χ1v) is 6.87. The van der Waals surface area contributed by atoms with Crippen molar-refractivity contribution in [1.82, 2.24) is 5.32 Å². The molecular formula is C15H19NO. The predicted molar refractivity (Wildman–Crippen MR) is 66.9 cm³/mol. The van der Waals surface area contributed by atoms with E-state index in [0.717, 1.165) is 11.8 Å². The molecule has 2 heteroatoms. The summed E-state index contributed by atoms with van der Waals surface area (Å²) in [6.07, 6.45) is 6.54. The standard InChI is InChI=1S/C15H19NO/c17-12-5-4-10-7-11-9-16-15(14(10)8-12)6-2-1-3-13(11)15/h4-5,8,11,13,16-17H,1-3,6-7,9H2/t11-,13-,15-/m0/s1. The van der Waals surface area contributed by atoms with Crippen molar-refractivity contribution in [2.24, 2.45) is 11.8 Å². The van der Waals surface area contributed by atoms with Crippen molar-refractivity contribution in [2.45, 2.75) is 37.6 Å². The number of nitrogens with one attached hydrogen (secondary N) is 1. The van der Waals surface area contributed by atoms with Crippen LogP contribution in [0.25, 0.3) is 0 Å². The second-order valence-corrected chi connectivity index (χ2v) is 6.01. The molecule has 1 saturated carbocycles. The molecule has 2 fully saturated rings. The summed E-state index contributed by atoms with van der Waals surface area (Å²) in [5.41, 5.74) is 3.07. The number of rotatable bonds is 0. The van der Waals surface area contributed by atoms with Gasteiger partial charge in [0, 0.05) is 5.54 Å². The molecule has 1 aromatic rings. The van der Waals surface area contributed by atoms with Crippen LogP contribution in [-0.4, -0.2) is 11.7 Å². The SMILES string of the molecule is Oc1ccc2c(c1)[C@]13CCCC[C@H]1[C@H](CN3)C2. The highest BCUT2D eigenvalue weighted by Gasteiger charge is 2.53. The highest BCUT2D eigenvalue weighted by atomic mass is 16.3. The van der Waals surface area contributed by atoms with E-state index in [4.69, 9.17) is 0 Å². The maximum atomic E-state index is 9.77. The van der Waals surface area contributed by atoms with Gasteiger partial charge in [-0.15, -0.1) is 0 Å². The lowest BCUT2D eigenvalue weighted by Gasteiger charge is -2.45. The Morgan fingerprint density at radius 3 is 3.18 bits per heavy atom. The highest BCUT2D eigenvalue weighted by Crippen LogP contribution is 2.54. The van der Waals surface area contributed by atoms with Crippen LogP contribution in [-0.2, 0) is 12.0 Å². The number of hydrogen-bond acceptors (Lipinski definition) is 2. The van der Waals surface area contributed by atoms with Crippen LogP contribution < -0.4 is 5.32 Å². The Balaban J connectivity index is 1.92. The molecule has 4 rings (SSSR count). The van der Waals surface area contributed by atoms with Crippen LogP contribution in [0.2, 0.25) is 0 Å². The quantitative estimate of drug-likeness (QED) is 0.716. The smallest absolute Gasteiger partial charge is 0.115 e. The summed E-state index contributed by atoms with van der Waals surface area (Å²) < 4.78 is 0. The molecule has 1 aliphatic heterocycles. The number of phenols is 1. The molecule has 2 N–H and O–H groups in total. The Labute approximate surface area is 102 Å². The van der Waals surface area contributed by atoms with Crippen LogP contribution in [0.15, 0.2) is 18.2 Å². The predicted octanol–water partition coefficient (Wildman–Crippen LogP) is 2.55. The minimum absolute atomic E-state index is 0.204. The Morgan fingerprint density at radius 2 is 2.24 bits per heavy atom. The Bertz CT molecular complexity index is 470. The van der Waals surface area contributed by atoms with Gasteiger partial charge in [0.15, 0.2) is 0 Å². The molecule has 90 valence electrons. The molecule has 1 saturated heterocycles. The number of benzene rings is 1. The third-order valence-electron chi connectivity index (χ3n) is 5.27. The lowest BCUT2D eigenvalue weighted by atomic mass is 9.61. The van der Waals surface area contributed by atoms with Crippen molar-refractivity contribution in [3.8, 4) is 5.75 Å². The van der Waals surface area contributed by atoms with Gasteiger partial charge in [-0.1, -0.05) is 18.9 Å². The van der Waals surface area contributed by atoms with Gasteiger partial charge >= 0.3 is 0 Å². The van der Waals surface area contributed by atoms with Gasteiger partial charge in [-0.25, -0.2) is 0 Å². The lowest BCUT2D eigenvalue weighted by molar-refractivity contribution is 0.153. The Kier molecular flexibility index (Phi) is 1.91. The van der Waals surface area contributed by atoms with E-state index in [2.05, 4.69) is 11.4 Å². The maximum Gasteiger partial charge on any atom is 0.115 e. The fraction of sp³-hybridized carbons (Fsp3) is 0.600. The van der Waals surface area contributed by atoms with E-state index in [1.54, 1.807) is 0 Å². The molecule has 3 aliphatic rings. The van der Waals surface area contributed by atoms with Gasteiger partial charge in [0.25, 0.3) is 0 Å². The third kappa shape index (κ3) is 1.19. The fourth-order valence-electron chi connectivity index (χ4n) is 4.60. The first-order valence-electron chi connectivity index (χ1n) is 6.87. The van der Waals surface area contributed by atoms with E-state index in [9.17, 15) is 5.11 Å². The van der Waals surface area contributed by atoms with Gasteiger partial charge in [-0.2, -0.15) is 0 Å². The van der Waals surface area contributed by atoms with Crippen molar-refractivity contribution in [3.63, 3.8) is 0 Å². The summed E-state index contributed by atoms with van der Waals surface area (Å²) in [7, 11) is 0. The van der Waals surface area contributed by atoms with Crippen LogP contribution in [0.1, 0.15) is 36.8 Å². The van der Waals surface area contributed by atoms with Gasteiger partial charge in [-0.3, -0.25) is 0 Å². The van der Waals surface area contributed by atoms with Crippen molar-refractivity contribution in [1.29, 1.82) is 0 Å². The zero-order valence-electron chi connectivity index (χ0n) is 10.1. The molecular weight excluding hydrogens is 210 g/mol. The van der Waals surface area contributed by atoms with Gasteiger partial charge in [-0.05, 0) is 60.9 Å². The lowest BCUT2D eigenvalue weighted by Crippen LogP contribution is -2.46. The first kappa shape index (κ1) is 9.95. The Hall–Kier alpha value is -1.02. The van der Waals surface area contributed by atoms with Crippen LogP contribution in [0.5, 0.6) is 5.75 Å². The van der Waals surface area contributed by atoms with E-state index < -0.39 is 0 Å². The van der Waals surface area contributed by atoms with E-state index in [-0.39, 0.29) is 5.54 Å². The van der Waals surface area contributed by atoms with Crippen molar-refractivity contribution in [3.05, 3.63) is 29.3 Å². The van der Waals surface area contributed by atoms with E-state index in [1.165, 1.54) is 49.8 Å². The van der Waals surface area contributed by atoms with Gasteiger partial charge in [0.2, 0.25) is 0 Å². The average Bonchev–Trinajstić information content (AvgIpc) is 2.65. The third-order valence-corrected chi connectivity index (χ3v) is 5.27. The zero-order chi connectivity index (χ0) is 11.5. The summed E-state index contributed by atoms with van der Waals surface area (Å²) in [6, 6.07) is 6.00. The van der Waals surface area contributed by atoms with Crippen molar-refractivity contribution < 1.29 is 5.11 Å². The first-order chi connectivity index (χ1) is 8.29. The summed E-state index contributed by atoms with van der Waals surface area (Å²) in [5, 5.41) is 13.6. The molecule has 0 radical (unpaired) electrons. The second-order valence-electron chi connectivity index (χ2n) is 6.01. The molecule has 0 unspecified atom stereocenters. The van der Waals surface area contributed by atoms with Crippen LogP contribution in [0.3, 0.4) is 0 Å². The van der Waals surface area contributed by atoms with E-state index in [0.29, 0.717) is 5.75 Å². The molecule has 0 amide bonds. The molecule has 0 aromatic heterocycles. The molecule has 1 aromatic carbocycles. The molecule has 3 atom stereocenters. The number of aromatic hydroxyl groups is 1. The summed E-state index contributed by atoms with van der Waals surface area (Å²) in [5.74, 6) is 2.06. The van der Waals surface area contributed by atoms with Gasteiger partial charge in [0.1, 0.15) is 5.75 Å². The van der Waals surface area contributed by atoms with Crippen molar-refractivity contribution in [2.75, 3.05) is 6.54 Å². The van der Waals surface area contributed by atoms with Crippen LogP contribution >= 0.6 is 0 Å². The minimum atomic E-state index is 0.204. The summed E-state index contributed by atoms with van der Waals surface area (Å²) in [4.78, 5) is 0. The highest BCUT2D eigenvalue weighted by molar-refractivity contribution is 5.44. The number of phenolic OH excluding ortho intramolecular Hbond substituents is 1. The minimum Gasteiger partial charge on any atom is -0.508 e. The monoisotopic (exact) mass is 229 g/mol.